The zero-order valence-electron chi connectivity index (χ0n) is 12.2. The van der Waals surface area contributed by atoms with Crippen molar-refractivity contribution in [3.05, 3.63) is 65.9 Å². The van der Waals surface area contributed by atoms with Crippen LogP contribution in [0.2, 0.25) is 0 Å². The average Bonchev–Trinajstić information content (AvgIpc) is 2.84. The summed E-state index contributed by atoms with van der Waals surface area (Å²) >= 11 is 0. The number of aromatic nitrogens is 2. The second-order valence-electron chi connectivity index (χ2n) is 5.35. The molecule has 1 unspecified atom stereocenters. The van der Waals surface area contributed by atoms with Gasteiger partial charge in [0.1, 0.15) is 11.6 Å². The van der Waals surface area contributed by atoms with Gasteiger partial charge in [0.25, 0.3) is 0 Å². The van der Waals surface area contributed by atoms with Gasteiger partial charge in [-0.15, -0.1) is 0 Å². The first kappa shape index (κ1) is 13.0. The molecule has 4 rings (SSSR count). The molecule has 2 heterocycles. The fraction of sp³-hybridized carbons (Fsp3) is 0.167. The Kier molecular flexibility index (Phi) is 2.89. The normalized spacial score (nSPS) is 17.0. The van der Waals surface area contributed by atoms with Crippen LogP contribution in [0.3, 0.4) is 0 Å². The molecule has 0 radical (unpaired) electrons. The van der Waals surface area contributed by atoms with Gasteiger partial charge < -0.3 is 0 Å². The van der Waals surface area contributed by atoms with Crippen LogP contribution in [-0.4, -0.2) is 22.4 Å². The van der Waals surface area contributed by atoms with Gasteiger partial charge in [-0.05, 0) is 24.6 Å². The molecule has 0 bridgehead atoms. The van der Waals surface area contributed by atoms with Crippen LogP contribution in [0.4, 0.5) is 5.82 Å². The van der Waals surface area contributed by atoms with E-state index in [1.807, 2.05) is 61.5 Å². The number of benzene rings is 2. The van der Waals surface area contributed by atoms with Crippen LogP contribution in [-0.2, 0) is 4.79 Å². The molecule has 0 aliphatic carbocycles. The second-order valence-corrected chi connectivity index (χ2v) is 5.35. The Morgan fingerprint density at radius 2 is 1.59 bits per heavy atom. The molecule has 0 N–H and O–H groups in total. The Bertz CT molecular complexity index is 861. The number of hydrogen-bond acceptors (Lipinski definition) is 3. The highest BCUT2D eigenvalue weighted by molar-refractivity contribution is 6.06. The van der Waals surface area contributed by atoms with E-state index in [0.717, 1.165) is 22.3 Å². The van der Waals surface area contributed by atoms with Crippen LogP contribution < -0.4 is 4.90 Å². The van der Waals surface area contributed by atoms with Crippen LogP contribution in [0.5, 0.6) is 0 Å². The van der Waals surface area contributed by atoms with Gasteiger partial charge in [-0.1, -0.05) is 42.5 Å². The minimum Gasteiger partial charge on any atom is -0.295 e. The summed E-state index contributed by atoms with van der Waals surface area (Å²) in [5.41, 5.74) is 3.38. The molecule has 22 heavy (non-hydrogen) atoms. The maximum Gasteiger partial charge on any atom is 0.241 e. The quantitative estimate of drug-likeness (QED) is 0.728. The number of para-hydroxylation sites is 2. The summed E-state index contributed by atoms with van der Waals surface area (Å²) in [7, 11) is 0. The predicted octanol–water partition coefficient (Wildman–Crippen LogP) is 3.13. The number of likely N-dealkylation sites (N-methyl/N-ethyl adjacent to an activating group) is 1. The molecule has 0 fully saturated rings. The summed E-state index contributed by atoms with van der Waals surface area (Å²) in [4.78, 5) is 24.0. The lowest BCUT2D eigenvalue weighted by molar-refractivity contribution is -0.118. The van der Waals surface area contributed by atoms with E-state index in [1.165, 1.54) is 0 Å². The highest BCUT2D eigenvalue weighted by Gasteiger charge is 2.40. The Labute approximate surface area is 128 Å². The van der Waals surface area contributed by atoms with Crippen molar-refractivity contribution in [2.75, 3.05) is 11.4 Å². The third-order valence-electron chi connectivity index (χ3n) is 4.07. The van der Waals surface area contributed by atoms with E-state index in [4.69, 9.17) is 4.98 Å². The first-order valence-electron chi connectivity index (χ1n) is 7.42. The Morgan fingerprint density at radius 1 is 0.955 bits per heavy atom. The van der Waals surface area contributed by atoms with Gasteiger partial charge in [0.05, 0.1) is 11.0 Å². The Hall–Kier alpha value is -2.75. The highest BCUT2D eigenvalue weighted by atomic mass is 16.2. The second kappa shape index (κ2) is 4.91. The van der Waals surface area contributed by atoms with E-state index >= 15 is 0 Å². The zero-order chi connectivity index (χ0) is 15.1. The minimum atomic E-state index is -0.353. The molecule has 0 saturated heterocycles. The lowest BCUT2D eigenvalue weighted by Gasteiger charge is -2.14. The predicted molar refractivity (Wildman–Crippen MR) is 85.9 cm³/mol. The molecule has 1 aliphatic heterocycles. The van der Waals surface area contributed by atoms with Crippen molar-refractivity contribution in [2.45, 2.75) is 12.8 Å². The van der Waals surface area contributed by atoms with E-state index in [1.54, 1.807) is 4.90 Å². The molecule has 1 aromatic heterocycles. The summed E-state index contributed by atoms with van der Waals surface area (Å²) in [6, 6.07) is 17.5. The fourth-order valence-corrected chi connectivity index (χ4v) is 3.03. The van der Waals surface area contributed by atoms with Crippen LogP contribution >= 0.6 is 0 Å². The van der Waals surface area contributed by atoms with E-state index in [0.29, 0.717) is 12.4 Å². The molecule has 1 atom stereocenters. The highest BCUT2D eigenvalue weighted by Crippen LogP contribution is 2.39. The van der Waals surface area contributed by atoms with Gasteiger partial charge in [0.15, 0.2) is 5.82 Å². The smallest absolute Gasteiger partial charge is 0.241 e. The van der Waals surface area contributed by atoms with Crippen LogP contribution in [0.15, 0.2) is 54.6 Å². The SMILES string of the molecule is CCN1C(=O)C(c2ccccc2)c2nc3ccccc3nc21. The summed E-state index contributed by atoms with van der Waals surface area (Å²) in [6.45, 7) is 2.56. The first-order valence-corrected chi connectivity index (χ1v) is 7.42. The van der Waals surface area contributed by atoms with Gasteiger partial charge in [-0.2, -0.15) is 0 Å². The lowest BCUT2D eigenvalue weighted by atomic mass is 9.97. The van der Waals surface area contributed by atoms with E-state index in [9.17, 15) is 4.79 Å². The third-order valence-corrected chi connectivity index (χ3v) is 4.07. The van der Waals surface area contributed by atoms with E-state index < -0.39 is 0 Å². The summed E-state index contributed by atoms with van der Waals surface area (Å²) < 4.78 is 0. The van der Waals surface area contributed by atoms with Crippen LogP contribution in [0, 0.1) is 0 Å². The van der Waals surface area contributed by atoms with Gasteiger partial charge >= 0.3 is 0 Å². The zero-order valence-corrected chi connectivity index (χ0v) is 12.2. The molecule has 108 valence electrons. The van der Waals surface area contributed by atoms with Crippen molar-refractivity contribution >= 4 is 22.8 Å². The van der Waals surface area contributed by atoms with Crippen LogP contribution in [0.25, 0.3) is 11.0 Å². The van der Waals surface area contributed by atoms with Gasteiger partial charge in [-0.3, -0.25) is 9.69 Å². The molecule has 3 aromatic rings. The van der Waals surface area contributed by atoms with Crippen molar-refractivity contribution in [3.8, 4) is 0 Å². The topological polar surface area (TPSA) is 46.1 Å². The largest absolute Gasteiger partial charge is 0.295 e. The van der Waals surface area contributed by atoms with Crippen LogP contribution in [0.1, 0.15) is 24.1 Å². The molecule has 2 aromatic carbocycles. The van der Waals surface area contributed by atoms with Crippen molar-refractivity contribution < 1.29 is 4.79 Å². The Balaban J connectivity index is 1.97. The van der Waals surface area contributed by atoms with Crippen molar-refractivity contribution in [2.24, 2.45) is 0 Å². The van der Waals surface area contributed by atoms with E-state index in [-0.39, 0.29) is 11.8 Å². The number of fused-ring (bicyclic) bond motifs is 2. The molecular weight excluding hydrogens is 274 g/mol. The maximum absolute atomic E-state index is 12.8. The minimum absolute atomic E-state index is 0.0546. The van der Waals surface area contributed by atoms with Crippen molar-refractivity contribution in [3.63, 3.8) is 0 Å². The third kappa shape index (κ3) is 1.80. The van der Waals surface area contributed by atoms with Gasteiger partial charge in [-0.25, -0.2) is 9.97 Å². The first-order chi connectivity index (χ1) is 10.8. The number of carbonyl (C=O) groups is 1. The molecule has 4 nitrogen and oxygen atoms in total. The number of nitrogens with zero attached hydrogens (tertiary/aromatic N) is 3. The monoisotopic (exact) mass is 289 g/mol. The summed E-state index contributed by atoms with van der Waals surface area (Å²) in [5, 5.41) is 0. The average molecular weight is 289 g/mol. The van der Waals surface area contributed by atoms with Crippen molar-refractivity contribution in [1.29, 1.82) is 0 Å². The van der Waals surface area contributed by atoms with Gasteiger partial charge in [0.2, 0.25) is 5.91 Å². The maximum atomic E-state index is 12.8. The van der Waals surface area contributed by atoms with E-state index in [2.05, 4.69) is 4.98 Å². The number of hydrogen-bond donors (Lipinski definition) is 0. The molecular formula is C18H15N3O. The summed E-state index contributed by atoms with van der Waals surface area (Å²) in [5.74, 6) is 0.396. The fourth-order valence-electron chi connectivity index (χ4n) is 3.03. The molecule has 1 aliphatic rings. The number of anilines is 1. The molecule has 1 amide bonds. The lowest BCUT2D eigenvalue weighted by Crippen LogP contribution is -2.29. The van der Waals surface area contributed by atoms with Gasteiger partial charge in [0, 0.05) is 6.54 Å². The summed E-state index contributed by atoms with van der Waals surface area (Å²) in [6.07, 6.45) is 0. The number of amides is 1. The Morgan fingerprint density at radius 3 is 2.27 bits per heavy atom. The molecule has 0 spiro atoms. The number of carbonyl (C=O) groups excluding carboxylic acids is 1. The number of rotatable bonds is 2. The molecule has 4 heteroatoms. The molecule has 0 saturated carbocycles. The standard InChI is InChI=1S/C18H15N3O/c1-2-21-17-16(19-13-10-6-7-11-14(13)20-17)15(18(21)22)12-8-4-3-5-9-12/h3-11,15H,2H2,1H3. The van der Waals surface area contributed by atoms with Crippen molar-refractivity contribution in [1.82, 2.24) is 9.97 Å².